The van der Waals surface area contributed by atoms with Gasteiger partial charge in [-0.2, -0.15) is 0 Å². The molecular weight excluding hydrogens is 216 g/mol. The van der Waals surface area contributed by atoms with E-state index in [9.17, 15) is 0 Å². The molecule has 5 nitrogen and oxygen atoms in total. The van der Waals surface area contributed by atoms with Gasteiger partial charge in [-0.15, -0.1) is 0 Å². The molecule has 17 heavy (non-hydrogen) atoms. The summed E-state index contributed by atoms with van der Waals surface area (Å²) in [5, 5.41) is 11.6. The van der Waals surface area contributed by atoms with Crippen LogP contribution in [0.3, 0.4) is 0 Å². The normalized spacial score (nSPS) is 11.9. The van der Waals surface area contributed by atoms with Crippen LogP contribution in [-0.2, 0) is 0 Å². The van der Waals surface area contributed by atoms with Crippen molar-refractivity contribution in [2.45, 2.75) is 20.8 Å². The Bertz CT molecular complexity index is 390. The molecule has 1 aromatic heterocycles. The number of aromatic nitrogens is 1. The van der Waals surface area contributed by atoms with E-state index in [1.807, 2.05) is 12.1 Å². The zero-order valence-corrected chi connectivity index (χ0v) is 10.6. The van der Waals surface area contributed by atoms with E-state index < -0.39 is 0 Å². The number of hydrogen-bond donors (Lipinski definition) is 2. The van der Waals surface area contributed by atoms with E-state index >= 15 is 0 Å². The van der Waals surface area contributed by atoms with E-state index in [1.165, 1.54) is 0 Å². The second kappa shape index (κ2) is 6.08. The monoisotopic (exact) mass is 236 g/mol. The molecule has 0 unspecified atom stereocenters. The smallest absolute Gasteiger partial charge is 0.188 e. The highest BCUT2D eigenvalue weighted by molar-refractivity contribution is 5.95. The molecule has 0 aromatic carbocycles. The molecule has 0 bridgehead atoms. The second-order valence-corrected chi connectivity index (χ2v) is 4.32. The Morgan fingerprint density at radius 2 is 2.29 bits per heavy atom. The van der Waals surface area contributed by atoms with Gasteiger partial charge in [0.05, 0.1) is 0 Å². The number of amidine groups is 1. The topological polar surface area (TPSA) is 74.7 Å². The molecule has 3 N–H and O–H groups in total. The van der Waals surface area contributed by atoms with Gasteiger partial charge in [0.15, 0.2) is 5.84 Å². The summed E-state index contributed by atoms with van der Waals surface area (Å²) in [7, 11) is 0. The van der Waals surface area contributed by atoms with E-state index in [4.69, 9.17) is 10.9 Å². The molecule has 0 radical (unpaired) electrons. The van der Waals surface area contributed by atoms with Crippen LogP contribution in [0.25, 0.3) is 0 Å². The van der Waals surface area contributed by atoms with Gasteiger partial charge in [-0.3, -0.25) is 4.98 Å². The van der Waals surface area contributed by atoms with Crippen molar-refractivity contribution in [3.05, 3.63) is 24.0 Å². The van der Waals surface area contributed by atoms with Crippen molar-refractivity contribution in [2.24, 2.45) is 16.8 Å². The molecule has 0 amide bonds. The predicted octanol–water partition coefficient (Wildman–Crippen LogP) is 1.66. The fraction of sp³-hybridized carbons (Fsp3) is 0.500. The molecule has 0 spiro atoms. The molecule has 0 saturated heterocycles. The van der Waals surface area contributed by atoms with Gasteiger partial charge in [0.1, 0.15) is 5.69 Å². The summed E-state index contributed by atoms with van der Waals surface area (Å²) in [5.74, 6) is 0.614. The lowest BCUT2D eigenvalue weighted by atomic mass is 10.2. The number of pyridine rings is 1. The third kappa shape index (κ3) is 3.62. The van der Waals surface area contributed by atoms with Crippen LogP contribution in [-0.4, -0.2) is 29.1 Å². The van der Waals surface area contributed by atoms with Crippen molar-refractivity contribution in [1.82, 2.24) is 4.98 Å². The maximum absolute atomic E-state index is 8.63. The fourth-order valence-electron chi connectivity index (χ4n) is 1.67. The first-order valence-corrected chi connectivity index (χ1v) is 5.77. The highest BCUT2D eigenvalue weighted by atomic mass is 16.4. The molecule has 0 atom stereocenters. The summed E-state index contributed by atoms with van der Waals surface area (Å²) in [4.78, 5) is 6.30. The summed E-state index contributed by atoms with van der Waals surface area (Å²) in [6, 6.07) is 3.76. The van der Waals surface area contributed by atoms with E-state index in [1.54, 1.807) is 6.20 Å². The maximum Gasteiger partial charge on any atom is 0.188 e. The summed E-state index contributed by atoms with van der Waals surface area (Å²) >= 11 is 0. The Labute approximate surface area is 102 Å². The number of nitrogens with two attached hydrogens (primary N) is 1. The summed E-state index contributed by atoms with van der Waals surface area (Å²) < 4.78 is 0. The minimum Gasteiger partial charge on any atom is -0.409 e. The van der Waals surface area contributed by atoms with Crippen molar-refractivity contribution < 1.29 is 5.21 Å². The van der Waals surface area contributed by atoms with E-state index in [2.05, 4.69) is 35.8 Å². The largest absolute Gasteiger partial charge is 0.409 e. The molecule has 0 fully saturated rings. The molecule has 1 rings (SSSR count). The average molecular weight is 236 g/mol. The van der Waals surface area contributed by atoms with Gasteiger partial charge in [0, 0.05) is 25.0 Å². The van der Waals surface area contributed by atoms with Gasteiger partial charge in [-0.05, 0) is 25.0 Å². The van der Waals surface area contributed by atoms with E-state index in [0.29, 0.717) is 11.6 Å². The number of hydrogen-bond acceptors (Lipinski definition) is 4. The van der Waals surface area contributed by atoms with Crippen LogP contribution in [0.2, 0.25) is 0 Å². The van der Waals surface area contributed by atoms with Gasteiger partial charge < -0.3 is 15.8 Å². The molecular formula is C12H20N4O. The number of nitrogens with zero attached hydrogens (tertiary/aromatic N) is 3. The Morgan fingerprint density at radius 1 is 1.59 bits per heavy atom. The van der Waals surface area contributed by atoms with Gasteiger partial charge in [0.2, 0.25) is 0 Å². The Hall–Kier alpha value is -1.78. The lowest BCUT2D eigenvalue weighted by Crippen LogP contribution is -2.27. The molecule has 94 valence electrons. The lowest BCUT2D eigenvalue weighted by molar-refractivity contribution is 0.318. The number of oxime groups is 1. The molecule has 5 heteroatoms. The van der Waals surface area contributed by atoms with Crippen molar-refractivity contribution >= 4 is 11.5 Å². The summed E-state index contributed by atoms with van der Waals surface area (Å²) in [5.41, 5.74) is 7.06. The first kappa shape index (κ1) is 13.3. The second-order valence-electron chi connectivity index (χ2n) is 4.32. The van der Waals surface area contributed by atoms with Crippen LogP contribution in [0.1, 0.15) is 26.5 Å². The Balaban J connectivity index is 2.96. The van der Waals surface area contributed by atoms with Gasteiger partial charge in [0.25, 0.3) is 0 Å². The lowest BCUT2D eigenvalue weighted by Gasteiger charge is -2.25. The molecule has 0 aliphatic heterocycles. The third-order valence-corrected chi connectivity index (χ3v) is 2.45. The van der Waals surface area contributed by atoms with Crippen molar-refractivity contribution in [2.75, 3.05) is 18.0 Å². The van der Waals surface area contributed by atoms with Crippen LogP contribution >= 0.6 is 0 Å². The van der Waals surface area contributed by atoms with Crippen molar-refractivity contribution in [3.8, 4) is 0 Å². The molecule has 1 aromatic rings. The van der Waals surface area contributed by atoms with E-state index in [-0.39, 0.29) is 5.84 Å². The van der Waals surface area contributed by atoms with Crippen LogP contribution in [0.4, 0.5) is 5.69 Å². The Morgan fingerprint density at radius 3 is 2.82 bits per heavy atom. The van der Waals surface area contributed by atoms with E-state index in [0.717, 1.165) is 18.8 Å². The quantitative estimate of drug-likeness (QED) is 0.353. The minimum absolute atomic E-state index is 0.0347. The Kier molecular flexibility index (Phi) is 4.75. The van der Waals surface area contributed by atoms with Crippen LogP contribution in [0.15, 0.2) is 23.5 Å². The zero-order chi connectivity index (χ0) is 12.8. The molecule has 0 aliphatic rings. The van der Waals surface area contributed by atoms with Crippen molar-refractivity contribution in [1.29, 1.82) is 0 Å². The number of rotatable bonds is 5. The standard InChI is InChI=1S/C12H20N4O/c1-4-16(8-9(2)3)10-5-6-14-11(7-10)12(13)15-17/h5-7,9,17H,4,8H2,1-3H3,(H2,13,15). The van der Waals surface area contributed by atoms with Gasteiger partial charge in [-0.25, -0.2) is 0 Å². The van der Waals surface area contributed by atoms with Crippen molar-refractivity contribution in [3.63, 3.8) is 0 Å². The highest BCUT2D eigenvalue weighted by Gasteiger charge is 2.09. The van der Waals surface area contributed by atoms with Crippen LogP contribution < -0.4 is 10.6 Å². The number of anilines is 1. The maximum atomic E-state index is 8.63. The van der Waals surface area contributed by atoms with Gasteiger partial charge >= 0.3 is 0 Å². The SMILES string of the molecule is CCN(CC(C)C)c1ccnc(C(N)=NO)c1. The fourth-order valence-corrected chi connectivity index (χ4v) is 1.67. The molecule has 0 aliphatic carbocycles. The summed E-state index contributed by atoms with van der Waals surface area (Å²) in [6.07, 6.45) is 1.67. The highest BCUT2D eigenvalue weighted by Crippen LogP contribution is 2.15. The molecule has 1 heterocycles. The van der Waals surface area contributed by atoms with Gasteiger partial charge in [-0.1, -0.05) is 19.0 Å². The van der Waals surface area contributed by atoms with Crippen LogP contribution in [0, 0.1) is 5.92 Å². The first-order chi connectivity index (χ1) is 8.08. The summed E-state index contributed by atoms with van der Waals surface area (Å²) in [6.45, 7) is 8.34. The minimum atomic E-state index is 0.0347. The first-order valence-electron chi connectivity index (χ1n) is 5.77. The third-order valence-electron chi connectivity index (χ3n) is 2.45. The average Bonchev–Trinajstić information content (AvgIpc) is 2.34. The zero-order valence-electron chi connectivity index (χ0n) is 10.6. The molecule has 0 saturated carbocycles. The predicted molar refractivity (Wildman–Crippen MR) is 69.5 cm³/mol. The van der Waals surface area contributed by atoms with Crippen LogP contribution in [0.5, 0.6) is 0 Å².